The Kier molecular flexibility index (Phi) is 4.37. The molecule has 3 rings (SSSR count). The van der Waals surface area contributed by atoms with Crippen LogP contribution in [0.5, 0.6) is 0 Å². The zero-order chi connectivity index (χ0) is 17.1. The van der Waals surface area contributed by atoms with E-state index in [0.717, 1.165) is 28.2 Å². The number of nitrogens with zero attached hydrogens (tertiary/aromatic N) is 4. The largest absolute Gasteiger partial charge is 0.348 e. The average molecular weight is 321 g/mol. The summed E-state index contributed by atoms with van der Waals surface area (Å²) < 4.78 is 1.72. The van der Waals surface area contributed by atoms with Gasteiger partial charge in [0.1, 0.15) is 0 Å². The molecule has 0 unspecified atom stereocenters. The van der Waals surface area contributed by atoms with Crippen LogP contribution in [0.2, 0.25) is 0 Å². The number of hydrogen-bond acceptors (Lipinski definition) is 4. The third-order valence-corrected chi connectivity index (χ3v) is 4.00. The lowest BCUT2D eigenvalue weighted by Crippen LogP contribution is -2.24. The summed E-state index contributed by atoms with van der Waals surface area (Å²) in [4.78, 5) is 21.1. The maximum atomic E-state index is 12.5. The molecule has 6 nitrogen and oxygen atoms in total. The number of nitrogens with one attached hydrogen (secondary N) is 1. The minimum absolute atomic E-state index is 0.126. The maximum absolute atomic E-state index is 12.5. The minimum Gasteiger partial charge on any atom is -0.348 e. The molecule has 0 radical (unpaired) electrons. The topological polar surface area (TPSA) is 72.7 Å². The van der Waals surface area contributed by atoms with Gasteiger partial charge in [-0.2, -0.15) is 5.10 Å². The third-order valence-electron chi connectivity index (χ3n) is 4.00. The maximum Gasteiger partial charge on any atom is 0.255 e. The zero-order valence-electron chi connectivity index (χ0n) is 13.9. The molecule has 0 saturated heterocycles. The second kappa shape index (κ2) is 6.62. The van der Waals surface area contributed by atoms with Crippen LogP contribution in [0.3, 0.4) is 0 Å². The summed E-state index contributed by atoms with van der Waals surface area (Å²) in [7, 11) is 1.83. The van der Waals surface area contributed by atoms with E-state index in [-0.39, 0.29) is 5.91 Å². The van der Waals surface area contributed by atoms with E-state index in [4.69, 9.17) is 0 Å². The van der Waals surface area contributed by atoms with Crippen molar-refractivity contribution in [1.29, 1.82) is 0 Å². The summed E-state index contributed by atoms with van der Waals surface area (Å²) in [6.45, 7) is 4.12. The van der Waals surface area contributed by atoms with Crippen LogP contribution in [0.25, 0.3) is 11.3 Å². The van der Waals surface area contributed by atoms with E-state index in [1.54, 1.807) is 23.3 Å². The van der Waals surface area contributed by atoms with Crippen LogP contribution in [0.4, 0.5) is 0 Å². The number of amides is 1. The van der Waals surface area contributed by atoms with Crippen molar-refractivity contribution in [2.45, 2.75) is 20.4 Å². The molecule has 1 N–H and O–H groups in total. The van der Waals surface area contributed by atoms with Crippen molar-refractivity contribution in [2.75, 3.05) is 0 Å². The van der Waals surface area contributed by atoms with Gasteiger partial charge in [-0.05, 0) is 37.6 Å². The van der Waals surface area contributed by atoms with Crippen LogP contribution in [0.15, 0.2) is 42.9 Å². The Balaban J connectivity index is 1.82. The Morgan fingerprint density at radius 3 is 2.67 bits per heavy atom. The van der Waals surface area contributed by atoms with E-state index < -0.39 is 0 Å². The standard InChI is InChI=1S/C18H19N5O/c1-12-16(13(2)23(3)22-12)18(24)21-11-15-7-5-9-20-17(15)14-6-4-8-19-10-14/h4-10H,11H2,1-3H3,(H,21,24). The number of pyridine rings is 2. The Labute approximate surface area is 140 Å². The van der Waals surface area contributed by atoms with Gasteiger partial charge in [-0.1, -0.05) is 6.07 Å². The number of hydrogen-bond donors (Lipinski definition) is 1. The molecule has 3 aromatic rings. The molecule has 0 atom stereocenters. The molecule has 0 spiro atoms. The molecule has 1 amide bonds. The van der Waals surface area contributed by atoms with Crippen LogP contribution >= 0.6 is 0 Å². The van der Waals surface area contributed by atoms with Gasteiger partial charge in [0.2, 0.25) is 0 Å². The quantitative estimate of drug-likeness (QED) is 0.801. The second-order valence-electron chi connectivity index (χ2n) is 5.60. The van der Waals surface area contributed by atoms with Crippen LogP contribution in [0.1, 0.15) is 27.3 Å². The highest BCUT2D eigenvalue weighted by Crippen LogP contribution is 2.20. The highest BCUT2D eigenvalue weighted by Gasteiger charge is 2.17. The summed E-state index contributed by atoms with van der Waals surface area (Å²) in [6.07, 6.45) is 5.23. The van der Waals surface area contributed by atoms with Gasteiger partial charge < -0.3 is 5.32 Å². The van der Waals surface area contributed by atoms with Gasteiger partial charge in [0.05, 0.1) is 17.0 Å². The van der Waals surface area contributed by atoms with E-state index in [1.807, 2.05) is 45.2 Å². The minimum atomic E-state index is -0.126. The highest BCUT2D eigenvalue weighted by atomic mass is 16.1. The van der Waals surface area contributed by atoms with Crippen LogP contribution in [-0.2, 0) is 13.6 Å². The van der Waals surface area contributed by atoms with Gasteiger partial charge in [-0.15, -0.1) is 0 Å². The lowest BCUT2D eigenvalue weighted by atomic mass is 10.1. The predicted molar refractivity (Wildman–Crippen MR) is 91.3 cm³/mol. The molecule has 122 valence electrons. The fraction of sp³-hybridized carbons (Fsp3) is 0.222. The van der Waals surface area contributed by atoms with E-state index in [0.29, 0.717) is 12.1 Å². The first kappa shape index (κ1) is 15.9. The molecule has 0 saturated carbocycles. The van der Waals surface area contributed by atoms with Gasteiger partial charge in [-0.25, -0.2) is 0 Å². The summed E-state index contributed by atoms with van der Waals surface area (Å²) in [5, 5.41) is 7.25. The number of aryl methyl sites for hydroxylation is 2. The Hall–Kier alpha value is -3.02. The molecule has 0 aliphatic heterocycles. The van der Waals surface area contributed by atoms with Crippen molar-refractivity contribution >= 4 is 5.91 Å². The van der Waals surface area contributed by atoms with E-state index in [9.17, 15) is 4.79 Å². The molecular formula is C18H19N5O. The summed E-state index contributed by atoms with van der Waals surface area (Å²) in [6, 6.07) is 7.64. The molecule has 0 aliphatic rings. The predicted octanol–water partition coefficient (Wildman–Crippen LogP) is 2.42. The molecule has 3 aromatic heterocycles. The number of carbonyl (C=O) groups is 1. The van der Waals surface area contributed by atoms with Gasteiger partial charge in [0, 0.05) is 43.4 Å². The van der Waals surface area contributed by atoms with Gasteiger partial charge in [0.15, 0.2) is 0 Å². The van der Waals surface area contributed by atoms with Crippen molar-refractivity contribution in [3.05, 3.63) is 65.4 Å². The molecule has 6 heteroatoms. The fourth-order valence-electron chi connectivity index (χ4n) is 2.71. The van der Waals surface area contributed by atoms with Crippen LogP contribution in [-0.4, -0.2) is 25.7 Å². The van der Waals surface area contributed by atoms with Gasteiger partial charge in [-0.3, -0.25) is 19.4 Å². The van der Waals surface area contributed by atoms with Crippen molar-refractivity contribution in [3.63, 3.8) is 0 Å². The number of rotatable bonds is 4. The van der Waals surface area contributed by atoms with Crippen molar-refractivity contribution in [2.24, 2.45) is 7.05 Å². The Bertz CT molecular complexity index is 870. The number of carbonyl (C=O) groups excluding carboxylic acids is 1. The normalized spacial score (nSPS) is 10.6. The van der Waals surface area contributed by atoms with E-state index in [2.05, 4.69) is 20.4 Å². The number of aromatic nitrogens is 4. The van der Waals surface area contributed by atoms with Crippen molar-refractivity contribution in [3.8, 4) is 11.3 Å². The highest BCUT2D eigenvalue weighted by molar-refractivity contribution is 5.96. The van der Waals surface area contributed by atoms with E-state index in [1.165, 1.54) is 0 Å². The molecule has 0 aliphatic carbocycles. The molecule has 0 bridgehead atoms. The Morgan fingerprint density at radius 1 is 1.21 bits per heavy atom. The molecule has 0 fully saturated rings. The lowest BCUT2D eigenvalue weighted by Gasteiger charge is -2.10. The monoisotopic (exact) mass is 321 g/mol. The molecule has 24 heavy (non-hydrogen) atoms. The lowest BCUT2D eigenvalue weighted by molar-refractivity contribution is 0.0949. The Morgan fingerprint density at radius 2 is 2.00 bits per heavy atom. The summed E-state index contributed by atoms with van der Waals surface area (Å²) >= 11 is 0. The smallest absolute Gasteiger partial charge is 0.255 e. The van der Waals surface area contributed by atoms with Crippen molar-refractivity contribution < 1.29 is 4.79 Å². The second-order valence-corrected chi connectivity index (χ2v) is 5.60. The summed E-state index contributed by atoms with van der Waals surface area (Å²) in [5.41, 5.74) is 4.90. The molecular weight excluding hydrogens is 302 g/mol. The first-order valence-electron chi connectivity index (χ1n) is 7.70. The first-order valence-corrected chi connectivity index (χ1v) is 7.70. The summed E-state index contributed by atoms with van der Waals surface area (Å²) in [5.74, 6) is -0.126. The fourth-order valence-corrected chi connectivity index (χ4v) is 2.71. The van der Waals surface area contributed by atoms with Gasteiger partial charge >= 0.3 is 0 Å². The zero-order valence-corrected chi connectivity index (χ0v) is 13.9. The van der Waals surface area contributed by atoms with Crippen LogP contribution < -0.4 is 5.32 Å². The molecule has 3 heterocycles. The average Bonchev–Trinajstić information content (AvgIpc) is 2.86. The van der Waals surface area contributed by atoms with E-state index >= 15 is 0 Å². The SMILES string of the molecule is Cc1nn(C)c(C)c1C(=O)NCc1cccnc1-c1cccnc1. The van der Waals surface area contributed by atoms with Gasteiger partial charge in [0.25, 0.3) is 5.91 Å². The molecule has 0 aromatic carbocycles. The first-order chi connectivity index (χ1) is 11.6. The van der Waals surface area contributed by atoms with Crippen molar-refractivity contribution in [1.82, 2.24) is 25.1 Å². The van der Waals surface area contributed by atoms with Crippen LogP contribution in [0, 0.1) is 13.8 Å². The third kappa shape index (κ3) is 3.03.